The number of likely N-dealkylation sites (tertiary alicyclic amines) is 1. The molecule has 0 spiro atoms. The van der Waals surface area contributed by atoms with Crippen LogP contribution < -0.4 is 9.47 Å². The van der Waals surface area contributed by atoms with Gasteiger partial charge in [0.1, 0.15) is 0 Å². The van der Waals surface area contributed by atoms with Gasteiger partial charge in [0.2, 0.25) is 0 Å². The average Bonchev–Trinajstić information content (AvgIpc) is 2.56. The number of piperidine rings is 1. The molecular weight excluding hydrogens is 338 g/mol. The minimum absolute atomic E-state index is 0.224. The molecule has 1 aromatic rings. The second-order valence-electron chi connectivity index (χ2n) is 7.26. The zero-order valence-electron chi connectivity index (χ0n) is 15.9. The Balaban J connectivity index is 2.17. The minimum Gasteiger partial charge on any atom is -0.490 e. The van der Waals surface area contributed by atoms with Crippen molar-refractivity contribution in [2.24, 2.45) is 11.8 Å². The molecule has 2 atom stereocenters. The summed E-state index contributed by atoms with van der Waals surface area (Å²) in [5.41, 5.74) is 1.09. The van der Waals surface area contributed by atoms with Crippen LogP contribution in [0.2, 0.25) is 5.02 Å². The Morgan fingerprint density at radius 1 is 1.28 bits per heavy atom. The van der Waals surface area contributed by atoms with Crippen molar-refractivity contribution in [3.05, 3.63) is 22.7 Å². The Morgan fingerprint density at radius 3 is 2.68 bits per heavy atom. The van der Waals surface area contributed by atoms with Gasteiger partial charge in [-0.1, -0.05) is 32.4 Å². The van der Waals surface area contributed by atoms with E-state index in [-0.39, 0.29) is 12.0 Å². The van der Waals surface area contributed by atoms with E-state index in [1.807, 2.05) is 19.1 Å². The zero-order chi connectivity index (χ0) is 18.4. The van der Waals surface area contributed by atoms with E-state index < -0.39 is 0 Å². The number of halogens is 1. The molecule has 2 unspecified atom stereocenters. The lowest BCUT2D eigenvalue weighted by Gasteiger charge is -2.35. The van der Waals surface area contributed by atoms with Crippen LogP contribution in [-0.4, -0.2) is 49.0 Å². The van der Waals surface area contributed by atoms with Crippen LogP contribution in [0.3, 0.4) is 0 Å². The molecule has 5 heteroatoms. The highest BCUT2D eigenvalue weighted by molar-refractivity contribution is 6.32. The van der Waals surface area contributed by atoms with Crippen LogP contribution in [0.25, 0.3) is 0 Å². The molecule has 142 valence electrons. The van der Waals surface area contributed by atoms with Gasteiger partial charge in [-0.05, 0) is 49.9 Å². The summed E-state index contributed by atoms with van der Waals surface area (Å²) in [6.45, 7) is 12.4. The van der Waals surface area contributed by atoms with Gasteiger partial charge < -0.3 is 19.5 Å². The van der Waals surface area contributed by atoms with E-state index in [2.05, 4.69) is 25.7 Å². The topological polar surface area (TPSA) is 41.9 Å². The van der Waals surface area contributed by atoms with Crippen molar-refractivity contribution < 1.29 is 14.6 Å². The fourth-order valence-corrected chi connectivity index (χ4v) is 3.57. The third kappa shape index (κ3) is 5.77. The molecule has 1 N–H and O–H groups in total. The van der Waals surface area contributed by atoms with Gasteiger partial charge in [-0.25, -0.2) is 0 Å². The van der Waals surface area contributed by atoms with Gasteiger partial charge in [0.25, 0.3) is 0 Å². The van der Waals surface area contributed by atoms with E-state index in [1.165, 1.54) is 0 Å². The summed E-state index contributed by atoms with van der Waals surface area (Å²) in [5.74, 6) is 1.97. The summed E-state index contributed by atoms with van der Waals surface area (Å²) in [6, 6.07) is 3.97. The van der Waals surface area contributed by atoms with Gasteiger partial charge in [0.05, 0.1) is 24.3 Å². The van der Waals surface area contributed by atoms with Gasteiger partial charge in [-0.2, -0.15) is 0 Å². The zero-order valence-corrected chi connectivity index (χ0v) is 16.7. The molecule has 25 heavy (non-hydrogen) atoms. The maximum absolute atomic E-state index is 10.4. The standard InChI is InChI=1S/C20H32ClNO3/c1-5-22-8-7-18(23)16(12-22)9-15-10-17(21)20(25-13-14(3)4)19(11-15)24-6-2/h10-11,14,16,18,23H,5-9,12-13H2,1-4H3. The van der Waals surface area contributed by atoms with Crippen molar-refractivity contribution in [3.8, 4) is 11.5 Å². The van der Waals surface area contributed by atoms with Crippen LogP contribution in [-0.2, 0) is 6.42 Å². The van der Waals surface area contributed by atoms with Crippen molar-refractivity contribution >= 4 is 11.6 Å². The summed E-state index contributed by atoms with van der Waals surface area (Å²) >= 11 is 6.49. The third-order valence-electron chi connectivity index (χ3n) is 4.65. The first kappa shape index (κ1) is 20.3. The molecule has 1 aromatic carbocycles. The normalized spacial score (nSPS) is 21.6. The second kappa shape index (κ2) is 9.65. The second-order valence-corrected chi connectivity index (χ2v) is 7.66. The van der Waals surface area contributed by atoms with Crippen molar-refractivity contribution in [2.45, 2.75) is 46.6 Å². The fourth-order valence-electron chi connectivity index (χ4n) is 3.28. The van der Waals surface area contributed by atoms with Crippen LogP contribution in [0.1, 0.15) is 39.7 Å². The lowest BCUT2D eigenvalue weighted by Crippen LogP contribution is -2.43. The van der Waals surface area contributed by atoms with Crippen molar-refractivity contribution in [1.29, 1.82) is 0 Å². The molecule has 0 saturated carbocycles. The lowest BCUT2D eigenvalue weighted by molar-refractivity contribution is 0.0290. The smallest absolute Gasteiger partial charge is 0.179 e. The summed E-state index contributed by atoms with van der Waals surface area (Å²) in [4.78, 5) is 2.39. The van der Waals surface area contributed by atoms with Gasteiger partial charge in [-0.15, -0.1) is 0 Å². The summed E-state index contributed by atoms with van der Waals surface area (Å²) in [6.07, 6.45) is 1.37. The Bertz CT molecular complexity index is 550. The number of rotatable bonds is 8. The Morgan fingerprint density at radius 2 is 2.04 bits per heavy atom. The highest BCUT2D eigenvalue weighted by Crippen LogP contribution is 2.38. The van der Waals surface area contributed by atoms with Crippen LogP contribution >= 0.6 is 11.6 Å². The Labute approximate surface area is 157 Å². The van der Waals surface area contributed by atoms with Gasteiger partial charge in [0, 0.05) is 19.0 Å². The SMILES string of the molecule is CCOc1cc(CC2CN(CC)CCC2O)cc(Cl)c1OCC(C)C. The molecule has 1 aliphatic rings. The average molecular weight is 370 g/mol. The fraction of sp³-hybridized carbons (Fsp3) is 0.700. The third-order valence-corrected chi connectivity index (χ3v) is 4.93. The number of aliphatic hydroxyl groups is 1. The minimum atomic E-state index is -0.256. The number of aliphatic hydroxyl groups excluding tert-OH is 1. The molecule has 0 amide bonds. The molecule has 4 nitrogen and oxygen atoms in total. The number of ether oxygens (including phenoxy) is 2. The molecule has 1 aliphatic heterocycles. The predicted molar refractivity (Wildman–Crippen MR) is 103 cm³/mol. The van der Waals surface area contributed by atoms with E-state index in [9.17, 15) is 5.11 Å². The molecule has 1 saturated heterocycles. The molecule has 2 rings (SSSR count). The molecule has 0 radical (unpaired) electrons. The molecular formula is C20H32ClNO3. The number of nitrogens with zero attached hydrogens (tertiary/aromatic N) is 1. The van der Waals surface area contributed by atoms with Crippen LogP contribution in [0.15, 0.2) is 12.1 Å². The monoisotopic (exact) mass is 369 g/mol. The summed E-state index contributed by atoms with van der Waals surface area (Å²) in [7, 11) is 0. The lowest BCUT2D eigenvalue weighted by atomic mass is 9.88. The first-order valence-corrected chi connectivity index (χ1v) is 9.80. The van der Waals surface area contributed by atoms with Crippen molar-refractivity contribution in [2.75, 3.05) is 32.8 Å². The summed E-state index contributed by atoms with van der Waals surface area (Å²) in [5, 5.41) is 11.0. The molecule has 1 heterocycles. The number of hydrogen-bond acceptors (Lipinski definition) is 4. The first-order chi connectivity index (χ1) is 11.9. The summed E-state index contributed by atoms with van der Waals surface area (Å²) < 4.78 is 11.6. The largest absolute Gasteiger partial charge is 0.490 e. The molecule has 1 fully saturated rings. The van der Waals surface area contributed by atoms with Crippen molar-refractivity contribution in [3.63, 3.8) is 0 Å². The maximum Gasteiger partial charge on any atom is 0.179 e. The predicted octanol–water partition coefficient (Wildman–Crippen LogP) is 4.02. The van der Waals surface area contributed by atoms with Crippen LogP contribution in [0.5, 0.6) is 11.5 Å². The number of benzene rings is 1. The van der Waals surface area contributed by atoms with E-state index in [0.717, 1.165) is 38.0 Å². The quantitative estimate of drug-likeness (QED) is 0.751. The highest BCUT2D eigenvalue weighted by atomic mass is 35.5. The van der Waals surface area contributed by atoms with Crippen LogP contribution in [0.4, 0.5) is 0 Å². The van der Waals surface area contributed by atoms with Crippen molar-refractivity contribution in [1.82, 2.24) is 4.90 Å². The van der Waals surface area contributed by atoms with E-state index in [1.54, 1.807) is 0 Å². The number of hydrogen-bond donors (Lipinski definition) is 1. The van der Waals surface area contributed by atoms with E-state index in [4.69, 9.17) is 21.1 Å². The highest BCUT2D eigenvalue weighted by Gasteiger charge is 2.27. The Kier molecular flexibility index (Phi) is 7.85. The molecule has 0 aromatic heterocycles. The van der Waals surface area contributed by atoms with E-state index >= 15 is 0 Å². The van der Waals surface area contributed by atoms with E-state index in [0.29, 0.717) is 35.7 Å². The molecule has 0 bridgehead atoms. The van der Waals surface area contributed by atoms with Gasteiger partial charge >= 0.3 is 0 Å². The Hall–Kier alpha value is -0.970. The van der Waals surface area contributed by atoms with Crippen LogP contribution in [0, 0.1) is 11.8 Å². The van der Waals surface area contributed by atoms with Gasteiger partial charge in [-0.3, -0.25) is 0 Å². The first-order valence-electron chi connectivity index (χ1n) is 9.42. The van der Waals surface area contributed by atoms with Gasteiger partial charge in [0.15, 0.2) is 11.5 Å². The maximum atomic E-state index is 10.4. The molecule has 0 aliphatic carbocycles.